The normalized spacial score (nSPS) is 26.4. The molecule has 0 bridgehead atoms. The molecule has 0 aliphatic carbocycles. The van der Waals surface area contributed by atoms with Gasteiger partial charge in [-0.05, 0) is 26.8 Å². The maximum Gasteiger partial charge on any atom is 0.107 e. The quantitative estimate of drug-likeness (QED) is 0.903. The van der Waals surface area contributed by atoms with Gasteiger partial charge >= 0.3 is 0 Å². The second-order valence-corrected chi connectivity index (χ2v) is 7.74. The van der Waals surface area contributed by atoms with Crippen molar-refractivity contribution in [1.82, 2.24) is 15.2 Å². The molecule has 1 saturated heterocycles. The largest absolute Gasteiger partial charge is 0.313 e. The molecule has 0 amide bonds. The molecule has 1 aliphatic heterocycles. The SMILES string of the molecule is CC1CN(Cc2nc(C(C)(C)C)cs2)C(C)CCN1. The van der Waals surface area contributed by atoms with E-state index >= 15 is 0 Å². The molecule has 108 valence electrons. The van der Waals surface area contributed by atoms with Gasteiger partial charge in [-0.3, -0.25) is 4.90 Å². The molecule has 2 unspecified atom stereocenters. The molecule has 1 aliphatic rings. The van der Waals surface area contributed by atoms with Crippen molar-refractivity contribution in [3.05, 3.63) is 16.1 Å². The fourth-order valence-electron chi connectivity index (χ4n) is 2.44. The Labute approximate surface area is 121 Å². The van der Waals surface area contributed by atoms with Crippen LogP contribution in [0.3, 0.4) is 0 Å². The number of nitrogens with one attached hydrogen (secondary N) is 1. The van der Waals surface area contributed by atoms with Gasteiger partial charge in [0.05, 0.1) is 12.2 Å². The van der Waals surface area contributed by atoms with Crippen LogP contribution in [0, 0.1) is 0 Å². The van der Waals surface area contributed by atoms with Crippen molar-refractivity contribution in [2.24, 2.45) is 0 Å². The molecule has 3 nitrogen and oxygen atoms in total. The molecular formula is C15H27N3S. The first-order valence-corrected chi connectivity index (χ1v) is 8.16. The fourth-order valence-corrected chi connectivity index (χ4v) is 3.48. The molecule has 2 atom stereocenters. The zero-order valence-electron chi connectivity index (χ0n) is 12.9. The molecule has 19 heavy (non-hydrogen) atoms. The molecule has 1 aromatic heterocycles. The Morgan fingerprint density at radius 3 is 2.79 bits per heavy atom. The lowest BCUT2D eigenvalue weighted by molar-refractivity contribution is 0.198. The predicted octanol–water partition coefficient (Wildman–Crippen LogP) is 3.01. The molecule has 1 N–H and O–H groups in total. The average Bonchev–Trinajstić information content (AvgIpc) is 2.70. The summed E-state index contributed by atoms with van der Waals surface area (Å²) in [7, 11) is 0. The topological polar surface area (TPSA) is 28.2 Å². The number of hydrogen-bond acceptors (Lipinski definition) is 4. The maximum absolute atomic E-state index is 4.82. The Kier molecular flexibility index (Phi) is 4.64. The van der Waals surface area contributed by atoms with Crippen LogP contribution in [-0.4, -0.2) is 35.1 Å². The fraction of sp³-hybridized carbons (Fsp3) is 0.800. The summed E-state index contributed by atoms with van der Waals surface area (Å²) >= 11 is 1.81. The lowest BCUT2D eigenvalue weighted by Crippen LogP contribution is -2.38. The van der Waals surface area contributed by atoms with Crippen LogP contribution >= 0.6 is 11.3 Å². The van der Waals surface area contributed by atoms with Crippen LogP contribution in [0.2, 0.25) is 0 Å². The van der Waals surface area contributed by atoms with Crippen LogP contribution in [0.25, 0.3) is 0 Å². The monoisotopic (exact) mass is 281 g/mol. The van der Waals surface area contributed by atoms with Crippen LogP contribution in [0.5, 0.6) is 0 Å². The Morgan fingerprint density at radius 2 is 2.16 bits per heavy atom. The van der Waals surface area contributed by atoms with E-state index in [2.05, 4.69) is 50.2 Å². The molecule has 0 spiro atoms. The van der Waals surface area contributed by atoms with Crippen molar-refractivity contribution in [3.8, 4) is 0 Å². The number of hydrogen-bond donors (Lipinski definition) is 1. The van der Waals surface area contributed by atoms with Gasteiger partial charge in [-0.2, -0.15) is 0 Å². The van der Waals surface area contributed by atoms with Crippen LogP contribution in [0.15, 0.2) is 5.38 Å². The number of aromatic nitrogens is 1. The van der Waals surface area contributed by atoms with Gasteiger partial charge in [0.25, 0.3) is 0 Å². The zero-order valence-corrected chi connectivity index (χ0v) is 13.7. The molecule has 4 heteroatoms. The summed E-state index contributed by atoms with van der Waals surface area (Å²) in [5.41, 5.74) is 1.38. The molecule has 0 saturated carbocycles. The summed E-state index contributed by atoms with van der Waals surface area (Å²) in [5, 5.41) is 7.04. The van der Waals surface area contributed by atoms with E-state index < -0.39 is 0 Å². The number of thiazole rings is 1. The van der Waals surface area contributed by atoms with Crippen molar-refractivity contribution in [2.75, 3.05) is 13.1 Å². The summed E-state index contributed by atoms with van der Waals surface area (Å²) in [6, 6.07) is 1.21. The predicted molar refractivity (Wildman–Crippen MR) is 82.8 cm³/mol. The third-order valence-corrected chi connectivity index (χ3v) is 4.68. The summed E-state index contributed by atoms with van der Waals surface area (Å²) in [6.45, 7) is 14.5. The molecular weight excluding hydrogens is 254 g/mol. The zero-order chi connectivity index (χ0) is 14.0. The summed E-state index contributed by atoms with van der Waals surface area (Å²) in [4.78, 5) is 7.39. The molecule has 2 rings (SSSR count). The minimum absolute atomic E-state index is 0.161. The molecule has 2 heterocycles. The van der Waals surface area contributed by atoms with Crippen molar-refractivity contribution in [1.29, 1.82) is 0 Å². The van der Waals surface area contributed by atoms with Crippen molar-refractivity contribution >= 4 is 11.3 Å². The average molecular weight is 281 g/mol. The second-order valence-electron chi connectivity index (χ2n) is 6.80. The molecule has 0 aromatic carbocycles. The lowest BCUT2D eigenvalue weighted by Gasteiger charge is -2.27. The Hall–Kier alpha value is -0.450. The van der Waals surface area contributed by atoms with E-state index in [1.165, 1.54) is 17.1 Å². The molecule has 1 aromatic rings. The van der Waals surface area contributed by atoms with Gasteiger partial charge in [0, 0.05) is 29.4 Å². The van der Waals surface area contributed by atoms with Gasteiger partial charge in [-0.1, -0.05) is 20.8 Å². The Bertz CT molecular complexity index is 408. The summed E-state index contributed by atoms with van der Waals surface area (Å²) in [6.07, 6.45) is 1.22. The highest BCUT2D eigenvalue weighted by molar-refractivity contribution is 7.09. The van der Waals surface area contributed by atoms with E-state index in [9.17, 15) is 0 Å². The summed E-state index contributed by atoms with van der Waals surface area (Å²) in [5.74, 6) is 0. The minimum atomic E-state index is 0.161. The van der Waals surface area contributed by atoms with E-state index in [0.717, 1.165) is 19.6 Å². The van der Waals surface area contributed by atoms with Gasteiger partial charge in [-0.25, -0.2) is 4.98 Å². The van der Waals surface area contributed by atoms with Gasteiger partial charge in [0.15, 0.2) is 0 Å². The summed E-state index contributed by atoms with van der Waals surface area (Å²) < 4.78 is 0. The van der Waals surface area contributed by atoms with Crippen molar-refractivity contribution in [3.63, 3.8) is 0 Å². The smallest absolute Gasteiger partial charge is 0.107 e. The molecule has 0 radical (unpaired) electrons. The van der Waals surface area contributed by atoms with Crippen molar-refractivity contribution in [2.45, 2.75) is 65.1 Å². The standard InChI is InChI=1S/C15H27N3S/c1-11-8-18(12(2)6-7-16-11)9-14-17-13(10-19-14)15(3,4)5/h10-12,16H,6-9H2,1-5H3. The number of nitrogens with zero attached hydrogens (tertiary/aromatic N) is 2. The van der Waals surface area contributed by atoms with Crippen LogP contribution < -0.4 is 5.32 Å². The van der Waals surface area contributed by atoms with Gasteiger partial charge in [0.2, 0.25) is 0 Å². The van der Waals surface area contributed by atoms with E-state index in [1.807, 2.05) is 0 Å². The van der Waals surface area contributed by atoms with Crippen LogP contribution in [-0.2, 0) is 12.0 Å². The minimum Gasteiger partial charge on any atom is -0.313 e. The van der Waals surface area contributed by atoms with Gasteiger partial charge in [0.1, 0.15) is 5.01 Å². The highest BCUT2D eigenvalue weighted by Gasteiger charge is 2.23. The number of rotatable bonds is 2. The second kappa shape index (κ2) is 5.90. The first kappa shape index (κ1) is 14.9. The van der Waals surface area contributed by atoms with Crippen LogP contribution in [0.1, 0.15) is 51.7 Å². The highest BCUT2D eigenvalue weighted by Crippen LogP contribution is 2.25. The third-order valence-electron chi connectivity index (χ3n) is 3.85. The Morgan fingerprint density at radius 1 is 1.42 bits per heavy atom. The van der Waals surface area contributed by atoms with Gasteiger partial charge < -0.3 is 5.32 Å². The van der Waals surface area contributed by atoms with Crippen molar-refractivity contribution < 1.29 is 0 Å². The van der Waals surface area contributed by atoms with E-state index in [0.29, 0.717) is 12.1 Å². The van der Waals surface area contributed by atoms with E-state index in [4.69, 9.17) is 4.98 Å². The molecule has 1 fully saturated rings. The van der Waals surface area contributed by atoms with E-state index in [1.54, 1.807) is 11.3 Å². The highest BCUT2D eigenvalue weighted by atomic mass is 32.1. The van der Waals surface area contributed by atoms with E-state index in [-0.39, 0.29) is 5.41 Å². The first-order chi connectivity index (χ1) is 8.86. The lowest BCUT2D eigenvalue weighted by atomic mass is 9.93. The van der Waals surface area contributed by atoms with Gasteiger partial charge in [-0.15, -0.1) is 11.3 Å². The first-order valence-electron chi connectivity index (χ1n) is 7.28. The van der Waals surface area contributed by atoms with Crippen LogP contribution in [0.4, 0.5) is 0 Å². The Balaban J connectivity index is 2.05. The third kappa shape index (κ3) is 4.01. The maximum atomic E-state index is 4.82.